The fourth-order valence-electron chi connectivity index (χ4n) is 3.32. The van der Waals surface area contributed by atoms with Gasteiger partial charge in [-0.25, -0.2) is 4.98 Å². The van der Waals surface area contributed by atoms with Crippen molar-refractivity contribution in [2.45, 2.75) is 51.0 Å². The van der Waals surface area contributed by atoms with E-state index in [-0.39, 0.29) is 18.6 Å². The van der Waals surface area contributed by atoms with Crippen molar-refractivity contribution in [3.63, 3.8) is 0 Å². The Morgan fingerprint density at radius 3 is 2.57 bits per heavy atom. The van der Waals surface area contributed by atoms with Gasteiger partial charge in [0.05, 0.1) is 5.56 Å². The van der Waals surface area contributed by atoms with Crippen molar-refractivity contribution in [2.24, 2.45) is 5.92 Å². The monoisotopic (exact) mass is 317 g/mol. The van der Waals surface area contributed by atoms with Crippen molar-refractivity contribution in [1.82, 2.24) is 10.3 Å². The molecule has 2 fully saturated rings. The van der Waals surface area contributed by atoms with Crippen LogP contribution in [-0.4, -0.2) is 41.7 Å². The number of nitrogens with zero attached hydrogens (tertiary/aromatic N) is 2. The van der Waals surface area contributed by atoms with Crippen molar-refractivity contribution in [3.8, 4) is 0 Å². The Bertz CT molecular complexity index is 506. The molecule has 1 aliphatic heterocycles. The minimum atomic E-state index is -0.0785. The third kappa shape index (κ3) is 4.44. The van der Waals surface area contributed by atoms with Gasteiger partial charge in [-0.2, -0.15) is 0 Å². The molecule has 126 valence electrons. The highest BCUT2D eigenvalue weighted by Gasteiger charge is 2.32. The van der Waals surface area contributed by atoms with E-state index in [2.05, 4.69) is 15.2 Å². The van der Waals surface area contributed by atoms with E-state index in [1.165, 1.54) is 25.7 Å². The van der Waals surface area contributed by atoms with E-state index in [1.807, 2.05) is 12.1 Å². The maximum Gasteiger partial charge on any atom is 0.253 e. The van der Waals surface area contributed by atoms with Crippen LogP contribution in [0.2, 0.25) is 0 Å². The van der Waals surface area contributed by atoms with Gasteiger partial charge >= 0.3 is 0 Å². The maximum absolute atomic E-state index is 12.4. The highest BCUT2D eigenvalue weighted by Crippen LogP contribution is 2.34. The van der Waals surface area contributed by atoms with Crippen LogP contribution in [-0.2, 0) is 0 Å². The second-order valence-corrected chi connectivity index (χ2v) is 6.74. The van der Waals surface area contributed by atoms with Gasteiger partial charge < -0.3 is 15.3 Å². The molecule has 1 aromatic heterocycles. The number of rotatable bonds is 6. The number of nitrogens with one attached hydrogen (secondary N) is 1. The Hall–Kier alpha value is -1.62. The Morgan fingerprint density at radius 2 is 2.00 bits per heavy atom. The van der Waals surface area contributed by atoms with Crippen LogP contribution < -0.4 is 10.2 Å². The summed E-state index contributed by atoms with van der Waals surface area (Å²) in [6.45, 7) is 2.23. The lowest BCUT2D eigenvalue weighted by Crippen LogP contribution is -2.37. The summed E-state index contributed by atoms with van der Waals surface area (Å²) in [7, 11) is 0. The molecule has 2 heterocycles. The van der Waals surface area contributed by atoms with E-state index in [4.69, 9.17) is 5.11 Å². The molecule has 1 atom stereocenters. The fourth-order valence-corrected chi connectivity index (χ4v) is 3.32. The fraction of sp³-hybridized carbons (Fsp3) is 0.667. The molecule has 0 spiro atoms. The molecule has 3 rings (SSSR count). The number of carbonyl (C=O) groups is 1. The molecule has 5 nitrogen and oxygen atoms in total. The highest BCUT2D eigenvalue weighted by atomic mass is 16.3. The summed E-state index contributed by atoms with van der Waals surface area (Å²) < 4.78 is 0. The van der Waals surface area contributed by atoms with Crippen molar-refractivity contribution < 1.29 is 9.90 Å². The van der Waals surface area contributed by atoms with E-state index in [9.17, 15) is 4.79 Å². The highest BCUT2D eigenvalue weighted by molar-refractivity contribution is 5.94. The predicted octanol–water partition coefficient (Wildman–Crippen LogP) is 2.35. The molecule has 1 saturated carbocycles. The number of hydrogen-bond donors (Lipinski definition) is 2. The lowest BCUT2D eigenvalue weighted by molar-refractivity contribution is 0.0924. The molecule has 1 aromatic rings. The number of pyridine rings is 1. The van der Waals surface area contributed by atoms with E-state index in [0.717, 1.165) is 31.7 Å². The summed E-state index contributed by atoms with van der Waals surface area (Å²) in [6, 6.07) is 3.92. The molecule has 23 heavy (non-hydrogen) atoms. The lowest BCUT2D eigenvalue weighted by atomic mass is 10.1. The van der Waals surface area contributed by atoms with E-state index < -0.39 is 0 Å². The van der Waals surface area contributed by atoms with Gasteiger partial charge in [-0.05, 0) is 50.2 Å². The van der Waals surface area contributed by atoms with E-state index >= 15 is 0 Å². The molecule has 0 aromatic carbocycles. The molecule has 1 amide bonds. The molecule has 1 unspecified atom stereocenters. The molecule has 5 heteroatoms. The summed E-state index contributed by atoms with van der Waals surface area (Å²) in [6.07, 6.45) is 9.64. The zero-order valence-corrected chi connectivity index (χ0v) is 13.7. The largest absolute Gasteiger partial charge is 0.396 e. The van der Waals surface area contributed by atoms with Crippen molar-refractivity contribution in [2.75, 3.05) is 24.6 Å². The maximum atomic E-state index is 12.4. The number of aliphatic hydroxyl groups is 1. The molecule has 1 aliphatic carbocycles. The number of amides is 1. The normalized spacial score (nSPS) is 20.0. The van der Waals surface area contributed by atoms with Gasteiger partial charge in [0, 0.05) is 31.9 Å². The molecular weight excluding hydrogens is 290 g/mol. The lowest BCUT2D eigenvalue weighted by Gasteiger charge is -2.21. The smallest absolute Gasteiger partial charge is 0.253 e. The summed E-state index contributed by atoms with van der Waals surface area (Å²) in [4.78, 5) is 19.2. The average Bonchev–Trinajstić information content (AvgIpc) is 3.41. The van der Waals surface area contributed by atoms with Gasteiger partial charge in [-0.3, -0.25) is 4.79 Å². The van der Waals surface area contributed by atoms with Crippen molar-refractivity contribution in [3.05, 3.63) is 23.9 Å². The summed E-state index contributed by atoms with van der Waals surface area (Å²) in [5, 5.41) is 12.2. The van der Waals surface area contributed by atoms with Crippen LogP contribution >= 0.6 is 0 Å². The third-order valence-corrected chi connectivity index (χ3v) is 4.89. The van der Waals surface area contributed by atoms with Gasteiger partial charge in [-0.1, -0.05) is 12.8 Å². The standard InChI is InChI=1S/C18H27N3O2/c22-12-9-16(14-5-6-14)20-18(23)15-7-8-17(19-13-15)21-10-3-1-2-4-11-21/h7-8,13-14,16,22H,1-6,9-12H2,(H,20,23). The van der Waals surface area contributed by atoms with Crippen LogP contribution in [0.3, 0.4) is 0 Å². The molecule has 0 radical (unpaired) electrons. The van der Waals surface area contributed by atoms with Gasteiger partial charge in [0.1, 0.15) is 5.82 Å². The Balaban J connectivity index is 1.60. The number of aromatic nitrogens is 1. The first-order valence-corrected chi connectivity index (χ1v) is 8.90. The number of aliphatic hydroxyl groups excluding tert-OH is 1. The first-order valence-electron chi connectivity index (χ1n) is 8.90. The molecule has 2 aliphatic rings. The zero-order valence-electron chi connectivity index (χ0n) is 13.7. The minimum Gasteiger partial charge on any atom is -0.396 e. The SMILES string of the molecule is O=C(NC(CCO)C1CC1)c1ccc(N2CCCCCC2)nc1. The Morgan fingerprint density at radius 1 is 1.26 bits per heavy atom. The van der Waals surface area contributed by atoms with Crippen LogP contribution in [0.25, 0.3) is 0 Å². The van der Waals surface area contributed by atoms with Crippen LogP contribution in [0.5, 0.6) is 0 Å². The summed E-state index contributed by atoms with van der Waals surface area (Å²) >= 11 is 0. The number of anilines is 1. The first kappa shape index (κ1) is 16.2. The van der Waals surface area contributed by atoms with Crippen LogP contribution in [0.4, 0.5) is 5.82 Å². The molecule has 0 bridgehead atoms. The Kier molecular flexibility index (Phi) is 5.49. The second kappa shape index (κ2) is 7.77. The van der Waals surface area contributed by atoms with Crippen LogP contribution in [0.1, 0.15) is 55.3 Å². The van der Waals surface area contributed by atoms with Gasteiger partial charge in [0.25, 0.3) is 5.91 Å². The first-order chi connectivity index (χ1) is 11.3. The quantitative estimate of drug-likeness (QED) is 0.845. The van der Waals surface area contributed by atoms with Crippen LogP contribution in [0.15, 0.2) is 18.3 Å². The van der Waals surface area contributed by atoms with Gasteiger partial charge in [-0.15, -0.1) is 0 Å². The molecule has 2 N–H and O–H groups in total. The molecular formula is C18H27N3O2. The Labute approximate surface area is 138 Å². The molecule has 1 saturated heterocycles. The summed E-state index contributed by atoms with van der Waals surface area (Å²) in [5.74, 6) is 1.43. The van der Waals surface area contributed by atoms with Gasteiger partial charge in [0.2, 0.25) is 0 Å². The number of hydrogen-bond acceptors (Lipinski definition) is 4. The minimum absolute atomic E-state index is 0.0785. The van der Waals surface area contributed by atoms with Crippen molar-refractivity contribution in [1.29, 1.82) is 0 Å². The summed E-state index contributed by atoms with van der Waals surface area (Å²) in [5.41, 5.74) is 0.604. The van der Waals surface area contributed by atoms with E-state index in [0.29, 0.717) is 17.9 Å². The topological polar surface area (TPSA) is 65.5 Å². The van der Waals surface area contributed by atoms with Crippen molar-refractivity contribution >= 4 is 11.7 Å². The van der Waals surface area contributed by atoms with Gasteiger partial charge in [0.15, 0.2) is 0 Å². The van der Waals surface area contributed by atoms with E-state index in [1.54, 1.807) is 6.20 Å². The zero-order chi connectivity index (χ0) is 16.1. The average molecular weight is 317 g/mol. The third-order valence-electron chi connectivity index (χ3n) is 4.89. The van der Waals surface area contributed by atoms with Crippen LogP contribution in [0, 0.1) is 5.92 Å². The predicted molar refractivity (Wildman–Crippen MR) is 90.6 cm³/mol. The second-order valence-electron chi connectivity index (χ2n) is 6.74. The number of carbonyl (C=O) groups excluding carboxylic acids is 1.